The monoisotopic (exact) mass is 451 g/mol. The molecule has 1 heterocycles. The molecule has 1 atom stereocenters. The van der Waals surface area contributed by atoms with E-state index in [1.165, 1.54) is 0 Å². The van der Waals surface area contributed by atoms with Crippen molar-refractivity contribution in [2.24, 2.45) is 0 Å². The summed E-state index contributed by atoms with van der Waals surface area (Å²) in [6.07, 6.45) is 1.12. The zero-order chi connectivity index (χ0) is 23.0. The van der Waals surface area contributed by atoms with Crippen molar-refractivity contribution in [3.8, 4) is 0 Å². The number of fused-ring (bicyclic) bond motifs is 1. The summed E-state index contributed by atoms with van der Waals surface area (Å²) in [5.41, 5.74) is 3.08. The molecule has 2 aromatic carbocycles. The fourth-order valence-corrected chi connectivity index (χ4v) is 4.43. The predicted molar refractivity (Wildman–Crippen MR) is 118 cm³/mol. The molecule has 2 aromatic rings. The lowest BCUT2D eigenvalue weighted by atomic mass is 9.92. The van der Waals surface area contributed by atoms with Crippen LogP contribution in [-0.2, 0) is 27.2 Å². The SMILES string of the molecule is Cc1ccc(CC(=O)CCc2ccc3c(c2)C(=O)N(C2CCC(=O)CC2=O)C3=O)cc1Cl. The highest BCUT2D eigenvalue weighted by molar-refractivity contribution is 6.31. The molecule has 0 radical (unpaired) electrons. The molecule has 0 spiro atoms. The number of imide groups is 1. The van der Waals surface area contributed by atoms with E-state index in [1.807, 2.05) is 19.1 Å². The van der Waals surface area contributed by atoms with E-state index in [4.69, 9.17) is 11.6 Å². The highest BCUT2D eigenvalue weighted by Gasteiger charge is 2.44. The second kappa shape index (κ2) is 8.79. The third kappa shape index (κ3) is 4.28. The number of Topliss-reactive ketones (excluding diaryl/α,β-unsaturated/α-hetero) is 3. The second-order valence-corrected chi connectivity index (χ2v) is 8.80. The Morgan fingerprint density at radius 3 is 2.44 bits per heavy atom. The Kier molecular flexibility index (Phi) is 6.07. The minimum atomic E-state index is -0.883. The van der Waals surface area contributed by atoms with Gasteiger partial charge >= 0.3 is 0 Å². The molecule has 0 bridgehead atoms. The molecule has 164 valence electrons. The molecule has 1 fully saturated rings. The average Bonchev–Trinajstić information content (AvgIpc) is 2.99. The van der Waals surface area contributed by atoms with Gasteiger partial charge in [-0.2, -0.15) is 0 Å². The summed E-state index contributed by atoms with van der Waals surface area (Å²) in [6.45, 7) is 1.90. The number of amides is 2. The van der Waals surface area contributed by atoms with Gasteiger partial charge in [-0.1, -0.05) is 29.8 Å². The Hall–Kier alpha value is -3.12. The fourth-order valence-electron chi connectivity index (χ4n) is 4.22. The van der Waals surface area contributed by atoms with Crippen molar-refractivity contribution in [3.63, 3.8) is 0 Å². The fraction of sp³-hybridized carbons (Fsp3) is 0.320. The van der Waals surface area contributed by atoms with Gasteiger partial charge in [-0.15, -0.1) is 0 Å². The minimum absolute atomic E-state index is 0.0481. The molecule has 6 nitrogen and oxygen atoms in total. The number of halogens is 1. The molecular formula is C25H22ClNO5. The minimum Gasteiger partial charge on any atom is -0.299 e. The lowest BCUT2D eigenvalue weighted by Crippen LogP contribution is -2.47. The van der Waals surface area contributed by atoms with E-state index in [0.29, 0.717) is 17.9 Å². The molecule has 2 aliphatic rings. The van der Waals surface area contributed by atoms with E-state index in [-0.39, 0.29) is 48.4 Å². The quantitative estimate of drug-likeness (QED) is 0.493. The number of rotatable bonds is 6. The summed E-state index contributed by atoms with van der Waals surface area (Å²) >= 11 is 6.12. The first-order valence-corrected chi connectivity index (χ1v) is 10.9. The third-order valence-corrected chi connectivity index (χ3v) is 6.47. The molecule has 1 aliphatic carbocycles. The van der Waals surface area contributed by atoms with Crippen molar-refractivity contribution in [1.82, 2.24) is 4.90 Å². The second-order valence-electron chi connectivity index (χ2n) is 8.40. The van der Waals surface area contributed by atoms with Gasteiger partial charge in [0.2, 0.25) is 0 Å². The van der Waals surface area contributed by atoms with Crippen molar-refractivity contribution in [3.05, 3.63) is 69.2 Å². The van der Waals surface area contributed by atoms with E-state index in [0.717, 1.165) is 21.6 Å². The maximum absolute atomic E-state index is 12.9. The Balaban J connectivity index is 1.43. The molecule has 32 heavy (non-hydrogen) atoms. The number of benzene rings is 2. The summed E-state index contributed by atoms with van der Waals surface area (Å²) < 4.78 is 0. The van der Waals surface area contributed by atoms with Crippen LogP contribution in [0.1, 0.15) is 63.1 Å². The van der Waals surface area contributed by atoms with Crippen LogP contribution in [0.2, 0.25) is 5.02 Å². The normalized spacial score (nSPS) is 18.3. The van der Waals surface area contributed by atoms with Gasteiger partial charge in [-0.25, -0.2) is 0 Å². The molecule has 1 aliphatic heterocycles. The zero-order valence-electron chi connectivity index (χ0n) is 17.7. The number of nitrogens with zero attached hydrogens (tertiary/aromatic N) is 1. The van der Waals surface area contributed by atoms with Crippen LogP contribution in [0.25, 0.3) is 0 Å². The van der Waals surface area contributed by atoms with Crippen LogP contribution < -0.4 is 0 Å². The molecule has 1 saturated carbocycles. The van der Waals surface area contributed by atoms with Crippen molar-refractivity contribution in [1.29, 1.82) is 0 Å². The summed E-state index contributed by atoms with van der Waals surface area (Å²) in [5, 5.41) is 0.627. The van der Waals surface area contributed by atoms with Crippen LogP contribution in [-0.4, -0.2) is 40.1 Å². The largest absolute Gasteiger partial charge is 0.299 e. The van der Waals surface area contributed by atoms with E-state index in [1.54, 1.807) is 24.3 Å². The summed E-state index contributed by atoms with van der Waals surface area (Å²) in [4.78, 5) is 62.8. The van der Waals surface area contributed by atoms with Gasteiger partial charge in [0.25, 0.3) is 11.8 Å². The number of carbonyl (C=O) groups is 5. The molecule has 4 rings (SSSR count). The summed E-state index contributed by atoms with van der Waals surface area (Å²) in [6, 6.07) is 9.61. The molecule has 0 saturated heterocycles. The third-order valence-electron chi connectivity index (χ3n) is 6.06. The van der Waals surface area contributed by atoms with E-state index in [2.05, 4.69) is 0 Å². The van der Waals surface area contributed by atoms with Crippen LogP contribution in [0, 0.1) is 6.92 Å². The van der Waals surface area contributed by atoms with Crippen molar-refractivity contribution in [2.75, 3.05) is 0 Å². The first kappa shape index (κ1) is 22.1. The van der Waals surface area contributed by atoms with Crippen molar-refractivity contribution < 1.29 is 24.0 Å². The van der Waals surface area contributed by atoms with E-state index in [9.17, 15) is 24.0 Å². The number of aryl methyl sites for hydroxylation is 2. The Morgan fingerprint density at radius 2 is 1.72 bits per heavy atom. The summed E-state index contributed by atoms with van der Waals surface area (Å²) in [7, 11) is 0. The van der Waals surface area contributed by atoms with Gasteiger partial charge in [0.15, 0.2) is 5.78 Å². The Bertz CT molecular complexity index is 1170. The van der Waals surface area contributed by atoms with Crippen LogP contribution in [0.15, 0.2) is 36.4 Å². The van der Waals surface area contributed by atoms with Crippen molar-refractivity contribution >= 4 is 40.8 Å². The standard InChI is InChI=1S/C25H22ClNO5/c1-14-2-3-16(12-21(14)26)10-17(28)6-4-15-5-8-19-20(11-15)25(32)27(24(19)31)22-9-7-18(29)13-23(22)30/h2-3,5,8,11-12,22H,4,6-7,9-10,13H2,1H3. The molecular weight excluding hydrogens is 430 g/mol. The highest BCUT2D eigenvalue weighted by atomic mass is 35.5. The first-order valence-electron chi connectivity index (χ1n) is 10.6. The van der Waals surface area contributed by atoms with Crippen LogP contribution >= 0.6 is 11.6 Å². The average molecular weight is 452 g/mol. The predicted octanol–water partition coefficient (Wildman–Crippen LogP) is 3.68. The maximum atomic E-state index is 12.9. The Morgan fingerprint density at radius 1 is 1.00 bits per heavy atom. The van der Waals surface area contributed by atoms with Gasteiger partial charge in [0.05, 0.1) is 23.6 Å². The Labute approximate surface area is 190 Å². The van der Waals surface area contributed by atoms with Crippen LogP contribution in [0.4, 0.5) is 0 Å². The van der Waals surface area contributed by atoms with E-state index >= 15 is 0 Å². The van der Waals surface area contributed by atoms with Gasteiger partial charge in [0.1, 0.15) is 11.6 Å². The number of carbonyl (C=O) groups excluding carboxylic acids is 5. The molecule has 2 amide bonds. The molecule has 0 aromatic heterocycles. The van der Waals surface area contributed by atoms with Crippen LogP contribution in [0.5, 0.6) is 0 Å². The van der Waals surface area contributed by atoms with Gasteiger partial charge in [-0.3, -0.25) is 28.9 Å². The smallest absolute Gasteiger partial charge is 0.262 e. The zero-order valence-corrected chi connectivity index (χ0v) is 18.4. The number of ketones is 3. The summed E-state index contributed by atoms with van der Waals surface area (Å²) in [5.74, 6) is -1.52. The van der Waals surface area contributed by atoms with Gasteiger partial charge in [0, 0.05) is 24.3 Å². The molecule has 7 heteroatoms. The molecule has 0 N–H and O–H groups in total. The highest BCUT2D eigenvalue weighted by Crippen LogP contribution is 2.30. The first-order chi connectivity index (χ1) is 15.2. The topological polar surface area (TPSA) is 88.6 Å². The maximum Gasteiger partial charge on any atom is 0.262 e. The number of hydrogen-bond donors (Lipinski definition) is 0. The molecule has 1 unspecified atom stereocenters. The van der Waals surface area contributed by atoms with Crippen LogP contribution in [0.3, 0.4) is 0 Å². The van der Waals surface area contributed by atoms with E-state index < -0.39 is 23.6 Å². The van der Waals surface area contributed by atoms with Gasteiger partial charge < -0.3 is 0 Å². The lowest BCUT2D eigenvalue weighted by Gasteiger charge is -2.27. The lowest BCUT2D eigenvalue weighted by molar-refractivity contribution is -0.132. The van der Waals surface area contributed by atoms with Crippen molar-refractivity contribution in [2.45, 2.75) is 51.5 Å². The van der Waals surface area contributed by atoms with Gasteiger partial charge in [-0.05, 0) is 54.7 Å². The number of hydrogen-bond acceptors (Lipinski definition) is 5.